The molecule has 2 saturated heterocycles. The lowest BCUT2D eigenvalue weighted by molar-refractivity contribution is 0.383. The highest BCUT2D eigenvalue weighted by Gasteiger charge is 2.35. The summed E-state index contributed by atoms with van der Waals surface area (Å²) < 4.78 is 32.7. The number of aryl methyl sites for hydroxylation is 1. The normalized spacial score (nSPS) is 24.7. The lowest BCUT2D eigenvalue weighted by Gasteiger charge is -2.23. The molecule has 2 fully saturated rings. The quantitative estimate of drug-likeness (QED) is 0.882. The van der Waals surface area contributed by atoms with Crippen molar-refractivity contribution >= 4 is 33.5 Å². The molecule has 132 valence electrons. The maximum absolute atomic E-state index is 13.0. The first-order valence-electron chi connectivity index (χ1n) is 8.08. The highest BCUT2D eigenvalue weighted by Crippen LogP contribution is 2.27. The van der Waals surface area contributed by atoms with Crippen LogP contribution in [-0.4, -0.2) is 48.0 Å². The Kier molecular flexibility index (Phi) is 4.83. The van der Waals surface area contributed by atoms with Crippen LogP contribution in [0, 0.1) is 0 Å². The molecule has 1 N–H and O–H groups in total. The topological polar surface area (TPSA) is 88.3 Å². The van der Waals surface area contributed by atoms with E-state index in [1.807, 2.05) is 6.92 Å². The molecule has 2 unspecified atom stereocenters. The Morgan fingerprint density at radius 2 is 2.12 bits per heavy atom. The lowest BCUT2D eigenvalue weighted by atomic mass is 10.1. The first kappa shape index (κ1) is 17.6. The largest absolute Gasteiger partial charge is 0.336 e. The van der Waals surface area contributed by atoms with Crippen LogP contribution in [0.5, 0.6) is 0 Å². The van der Waals surface area contributed by atoms with E-state index >= 15 is 0 Å². The summed E-state index contributed by atoms with van der Waals surface area (Å²) in [6, 6.07) is 2.35. The van der Waals surface area contributed by atoms with Crippen LogP contribution in [-0.2, 0) is 16.4 Å². The molecule has 2 aliphatic heterocycles. The van der Waals surface area contributed by atoms with Gasteiger partial charge in [-0.3, -0.25) is 0 Å². The molecule has 0 spiro atoms. The third-order valence-corrected chi connectivity index (χ3v) is 6.67. The minimum atomic E-state index is -3.54. The molecular formula is C15H21ClN4O3S. The SMILES string of the molecule is CCc1noc2ncc(S(=O)(=O)N3CCC4CCC(C3)N4)cc12.Cl. The molecule has 2 aliphatic rings. The van der Waals surface area contributed by atoms with Crippen molar-refractivity contribution in [2.45, 2.75) is 49.6 Å². The van der Waals surface area contributed by atoms with Gasteiger partial charge in [0.05, 0.1) is 17.3 Å². The van der Waals surface area contributed by atoms with Crippen LogP contribution in [0.2, 0.25) is 0 Å². The van der Waals surface area contributed by atoms with Crippen LogP contribution >= 0.6 is 12.4 Å². The van der Waals surface area contributed by atoms with Gasteiger partial charge in [0.1, 0.15) is 4.90 Å². The van der Waals surface area contributed by atoms with E-state index in [-0.39, 0.29) is 23.3 Å². The molecule has 4 heterocycles. The van der Waals surface area contributed by atoms with Crippen LogP contribution in [0.3, 0.4) is 0 Å². The summed E-state index contributed by atoms with van der Waals surface area (Å²) in [5.41, 5.74) is 1.12. The standard InChI is InChI=1S/C15H20N4O3S.ClH/c1-2-14-13-7-12(8-16-15(13)22-18-14)23(20,21)19-6-5-10-3-4-11(9-19)17-10;/h7-8,10-11,17H,2-6,9H2,1H3;1H. The highest BCUT2D eigenvalue weighted by atomic mass is 35.5. The summed E-state index contributed by atoms with van der Waals surface area (Å²) in [5.74, 6) is 0. The Morgan fingerprint density at radius 3 is 2.92 bits per heavy atom. The second-order valence-electron chi connectivity index (χ2n) is 6.30. The molecule has 24 heavy (non-hydrogen) atoms. The van der Waals surface area contributed by atoms with Crippen LogP contribution in [0.4, 0.5) is 0 Å². The van der Waals surface area contributed by atoms with E-state index < -0.39 is 10.0 Å². The van der Waals surface area contributed by atoms with Gasteiger partial charge in [-0.2, -0.15) is 4.31 Å². The lowest BCUT2D eigenvalue weighted by Crippen LogP contribution is -2.39. The molecule has 4 rings (SSSR count). The van der Waals surface area contributed by atoms with Crippen molar-refractivity contribution in [2.75, 3.05) is 13.1 Å². The maximum atomic E-state index is 13.0. The molecule has 2 aromatic heterocycles. The average Bonchev–Trinajstić information content (AvgIpc) is 3.08. The fourth-order valence-electron chi connectivity index (χ4n) is 3.53. The van der Waals surface area contributed by atoms with Gasteiger partial charge in [0.25, 0.3) is 5.71 Å². The molecule has 9 heteroatoms. The van der Waals surface area contributed by atoms with Crippen molar-refractivity contribution in [3.63, 3.8) is 0 Å². The number of halogens is 1. The molecule has 2 bridgehead atoms. The van der Waals surface area contributed by atoms with Crippen molar-refractivity contribution in [3.8, 4) is 0 Å². The number of aromatic nitrogens is 2. The van der Waals surface area contributed by atoms with Gasteiger partial charge in [0.2, 0.25) is 10.0 Å². The van der Waals surface area contributed by atoms with Crippen LogP contribution in [0.1, 0.15) is 31.9 Å². The average molecular weight is 373 g/mol. The molecule has 2 atom stereocenters. The first-order valence-corrected chi connectivity index (χ1v) is 9.52. The summed E-state index contributed by atoms with van der Waals surface area (Å²) in [5, 5.41) is 8.13. The smallest absolute Gasteiger partial charge is 0.258 e. The van der Waals surface area contributed by atoms with Crippen molar-refractivity contribution in [3.05, 3.63) is 18.0 Å². The maximum Gasteiger partial charge on any atom is 0.258 e. The molecular weight excluding hydrogens is 352 g/mol. The van der Waals surface area contributed by atoms with Crippen LogP contribution < -0.4 is 5.32 Å². The van der Waals surface area contributed by atoms with E-state index in [9.17, 15) is 8.42 Å². The van der Waals surface area contributed by atoms with E-state index in [1.165, 1.54) is 6.20 Å². The minimum absolute atomic E-state index is 0. The third-order valence-electron chi connectivity index (χ3n) is 4.84. The van der Waals surface area contributed by atoms with Crippen LogP contribution in [0.15, 0.2) is 21.7 Å². The second-order valence-corrected chi connectivity index (χ2v) is 8.23. The zero-order valence-corrected chi connectivity index (χ0v) is 15.1. The number of hydrogen-bond donors (Lipinski definition) is 1. The zero-order chi connectivity index (χ0) is 16.0. The molecule has 0 aromatic carbocycles. The number of rotatable bonds is 3. The Morgan fingerprint density at radius 1 is 1.33 bits per heavy atom. The third kappa shape index (κ3) is 2.92. The number of sulfonamides is 1. The number of nitrogens with zero attached hydrogens (tertiary/aromatic N) is 3. The Balaban J connectivity index is 0.00000169. The van der Waals surface area contributed by atoms with Crippen molar-refractivity contribution in [2.24, 2.45) is 0 Å². The monoisotopic (exact) mass is 372 g/mol. The van der Waals surface area contributed by atoms with Gasteiger partial charge < -0.3 is 9.84 Å². The highest BCUT2D eigenvalue weighted by molar-refractivity contribution is 7.89. The van der Waals surface area contributed by atoms with Crippen molar-refractivity contribution in [1.82, 2.24) is 19.8 Å². The predicted molar refractivity (Wildman–Crippen MR) is 91.8 cm³/mol. The molecule has 7 nitrogen and oxygen atoms in total. The van der Waals surface area contributed by atoms with Gasteiger partial charge >= 0.3 is 0 Å². The summed E-state index contributed by atoms with van der Waals surface area (Å²) in [6.07, 6.45) is 5.10. The van der Waals surface area contributed by atoms with E-state index in [4.69, 9.17) is 4.52 Å². The fraction of sp³-hybridized carbons (Fsp3) is 0.600. The van der Waals surface area contributed by atoms with Gasteiger partial charge in [-0.05, 0) is 31.7 Å². The Hall–Kier alpha value is -1.22. The number of hydrogen-bond acceptors (Lipinski definition) is 6. The van der Waals surface area contributed by atoms with Gasteiger partial charge in [0.15, 0.2) is 0 Å². The zero-order valence-electron chi connectivity index (χ0n) is 13.4. The summed E-state index contributed by atoms with van der Waals surface area (Å²) in [6.45, 7) is 3.04. The molecule has 0 saturated carbocycles. The molecule has 0 aliphatic carbocycles. The first-order chi connectivity index (χ1) is 11.1. The minimum Gasteiger partial charge on any atom is -0.336 e. The molecule has 0 amide bonds. The van der Waals surface area contributed by atoms with Gasteiger partial charge in [-0.1, -0.05) is 12.1 Å². The number of nitrogens with one attached hydrogen (secondary N) is 1. The Bertz CT molecular complexity index is 838. The predicted octanol–water partition coefficient (Wildman–Crippen LogP) is 1.72. The van der Waals surface area contributed by atoms with E-state index in [0.717, 1.165) is 25.0 Å². The number of fused-ring (bicyclic) bond motifs is 3. The van der Waals surface area contributed by atoms with Gasteiger partial charge in [-0.15, -0.1) is 12.4 Å². The molecule has 0 radical (unpaired) electrons. The van der Waals surface area contributed by atoms with Gasteiger partial charge in [0, 0.05) is 25.2 Å². The summed E-state index contributed by atoms with van der Waals surface area (Å²) in [4.78, 5) is 4.35. The van der Waals surface area contributed by atoms with E-state index in [1.54, 1.807) is 10.4 Å². The van der Waals surface area contributed by atoms with Crippen LogP contribution in [0.25, 0.3) is 11.1 Å². The van der Waals surface area contributed by atoms with Gasteiger partial charge in [-0.25, -0.2) is 13.4 Å². The molecule has 2 aromatic rings. The summed E-state index contributed by atoms with van der Waals surface area (Å²) >= 11 is 0. The van der Waals surface area contributed by atoms with Crippen molar-refractivity contribution < 1.29 is 12.9 Å². The Labute approximate surface area is 147 Å². The van der Waals surface area contributed by atoms with E-state index in [2.05, 4.69) is 15.5 Å². The second kappa shape index (κ2) is 6.59. The summed E-state index contributed by atoms with van der Waals surface area (Å²) in [7, 11) is -3.54. The van der Waals surface area contributed by atoms with Crippen molar-refractivity contribution in [1.29, 1.82) is 0 Å². The van der Waals surface area contributed by atoms with E-state index in [0.29, 0.717) is 36.7 Å². The number of pyridine rings is 1. The fourth-order valence-corrected chi connectivity index (χ4v) is 5.01.